The molecule has 4 aromatic carbocycles. The van der Waals surface area contributed by atoms with E-state index in [0.717, 1.165) is 38.6 Å². The van der Waals surface area contributed by atoms with Gasteiger partial charge in [-0.3, -0.25) is 0 Å². The van der Waals surface area contributed by atoms with E-state index in [4.69, 9.17) is 0 Å². The van der Waals surface area contributed by atoms with E-state index in [9.17, 15) is 5.11 Å². The molecule has 0 amide bonds. The lowest BCUT2D eigenvalue weighted by molar-refractivity contribution is 0.284. The lowest BCUT2D eigenvalue weighted by atomic mass is 9.87. The maximum absolute atomic E-state index is 10.1. The van der Waals surface area contributed by atoms with Gasteiger partial charge in [0.05, 0.1) is 6.61 Å². The largest absolute Gasteiger partial charge is 0.392 e. The summed E-state index contributed by atoms with van der Waals surface area (Å²) in [6.07, 6.45) is 0. The number of hydrogen-bond acceptors (Lipinski definition) is 1. The molecule has 4 rings (SSSR count). The van der Waals surface area contributed by atoms with Crippen molar-refractivity contribution in [1.29, 1.82) is 0 Å². The summed E-state index contributed by atoms with van der Waals surface area (Å²) >= 11 is 0. The van der Waals surface area contributed by atoms with Gasteiger partial charge in [-0.05, 0) is 44.7 Å². The molecule has 0 spiro atoms. The molecule has 0 saturated heterocycles. The van der Waals surface area contributed by atoms with Gasteiger partial charge in [-0.15, -0.1) is 0 Å². The minimum Gasteiger partial charge on any atom is -0.392 e. The first-order valence-electron chi connectivity index (χ1n) is 8.15. The Balaban J connectivity index is 2.13. The highest BCUT2D eigenvalue weighted by Crippen LogP contribution is 2.39. The first kappa shape index (κ1) is 14.7. The summed E-state index contributed by atoms with van der Waals surface area (Å²) in [6.45, 7) is 0.0193. The van der Waals surface area contributed by atoms with Crippen molar-refractivity contribution >= 4 is 10.8 Å². The average Bonchev–Trinajstić information content (AvgIpc) is 2.67. The predicted octanol–water partition coefficient (Wildman–Crippen LogP) is 5.67. The Hall–Kier alpha value is -2.90. The van der Waals surface area contributed by atoms with Crippen LogP contribution in [0.3, 0.4) is 0 Å². The van der Waals surface area contributed by atoms with Gasteiger partial charge in [0.25, 0.3) is 0 Å². The van der Waals surface area contributed by atoms with E-state index in [1.807, 2.05) is 36.4 Å². The van der Waals surface area contributed by atoms with Gasteiger partial charge in [0.1, 0.15) is 0 Å². The molecule has 0 atom stereocenters. The molecule has 0 radical (unpaired) electrons. The van der Waals surface area contributed by atoms with Crippen LogP contribution in [-0.4, -0.2) is 5.11 Å². The van der Waals surface area contributed by atoms with Crippen LogP contribution in [0, 0.1) is 0 Å². The van der Waals surface area contributed by atoms with E-state index in [1.165, 1.54) is 0 Å². The van der Waals surface area contributed by atoms with Crippen molar-refractivity contribution in [3.63, 3.8) is 0 Å². The summed E-state index contributed by atoms with van der Waals surface area (Å²) in [5, 5.41) is 12.4. The highest BCUT2D eigenvalue weighted by Gasteiger charge is 2.15. The summed E-state index contributed by atoms with van der Waals surface area (Å²) < 4.78 is 0. The topological polar surface area (TPSA) is 20.2 Å². The van der Waals surface area contributed by atoms with Crippen LogP contribution in [-0.2, 0) is 6.61 Å². The number of aliphatic hydroxyl groups excluding tert-OH is 1. The van der Waals surface area contributed by atoms with E-state index in [2.05, 4.69) is 54.6 Å². The van der Waals surface area contributed by atoms with Gasteiger partial charge in [0.2, 0.25) is 0 Å². The zero-order valence-electron chi connectivity index (χ0n) is 13.3. The van der Waals surface area contributed by atoms with Crippen molar-refractivity contribution in [2.75, 3.05) is 0 Å². The number of fused-ring (bicyclic) bond motifs is 1. The molecule has 0 saturated carbocycles. The number of hydrogen-bond donors (Lipinski definition) is 1. The maximum atomic E-state index is 10.1. The quantitative estimate of drug-likeness (QED) is 0.517. The fourth-order valence-corrected chi connectivity index (χ4v) is 3.37. The Bertz CT molecular complexity index is 973. The fraction of sp³-hybridized carbons (Fsp3) is 0.0435. The van der Waals surface area contributed by atoms with Gasteiger partial charge in [-0.1, -0.05) is 84.9 Å². The average molecular weight is 310 g/mol. The van der Waals surface area contributed by atoms with Crippen molar-refractivity contribution in [1.82, 2.24) is 0 Å². The molecular weight excluding hydrogens is 292 g/mol. The molecule has 24 heavy (non-hydrogen) atoms. The lowest BCUT2D eigenvalue weighted by Gasteiger charge is -2.17. The normalized spacial score (nSPS) is 10.9. The van der Waals surface area contributed by atoms with E-state index in [0.29, 0.717) is 0 Å². The summed E-state index contributed by atoms with van der Waals surface area (Å²) in [4.78, 5) is 0. The van der Waals surface area contributed by atoms with Gasteiger partial charge in [-0.2, -0.15) is 0 Å². The molecule has 0 aromatic heterocycles. The Morgan fingerprint density at radius 1 is 0.625 bits per heavy atom. The number of rotatable bonds is 3. The van der Waals surface area contributed by atoms with Gasteiger partial charge in [-0.25, -0.2) is 0 Å². The second kappa shape index (κ2) is 6.31. The molecule has 0 aliphatic carbocycles. The first-order chi connectivity index (χ1) is 11.9. The molecule has 0 heterocycles. The van der Waals surface area contributed by atoms with E-state index >= 15 is 0 Å². The highest BCUT2D eigenvalue weighted by atomic mass is 16.3. The third-order valence-corrected chi connectivity index (χ3v) is 4.46. The summed E-state index contributed by atoms with van der Waals surface area (Å²) in [5.74, 6) is 0. The standard InChI is InChI=1S/C23H18O/c24-16-22-20-14-8-7-13-19(20)15-21(17-9-3-1-4-10-17)23(22)18-11-5-2-6-12-18/h1-15,24H,16H2. The molecule has 116 valence electrons. The van der Waals surface area contributed by atoms with Crippen molar-refractivity contribution in [3.05, 3.63) is 96.6 Å². The van der Waals surface area contributed by atoms with E-state index in [-0.39, 0.29) is 6.61 Å². The monoisotopic (exact) mass is 310 g/mol. The lowest BCUT2D eigenvalue weighted by Crippen LogP contribution is -1.96. The van der Waals surface area contributed by atoms with Crippen molar-refractivity contribution in [2.24, 2.45) is 0 Å². The molecule has 0 aliphatic rings. The number of benzene rings is 4. The number of aliphatic hydroxyl groups is 1. The smallest absolute Gasteiger partial charge is 0.0694 e. The molecule has 4 aromatic rings. The van der Waals surface area contributed by atoms with Crippen LogP contribution in [0.1, 0.15) is 5.56 Å². The Labute approximate surface area is 141 Å². The Morgan fingerprint density at radius 3 is 1.88 bits per heavy atom. The van der Waals surface area contributed by atoms with Crippen LogP contribution >= 0.6 is 0 Å². The Morgan fingerprint density at radius 2 is 1.21 bits per heavy atom. The molecule has 0 aliphatic heterocycles. The summed E-state index contributed by atoms with van der Waals surface area (Å²) in [7, 11) is 0. The van der Waals surface area contributed by atoms with E-state index in [1.54, 1.807) is 0 Å². The first-order valence-corrected chi connectivity index (χ1v) is 8.15. The third kappa shape index (κ3) is 2.49. The second-order valence-electron chi connectivity index (χ2n) is 5.89. The van der Waals surface area contributed by atoms with Crippen molar-refractivity contribution < 1.29 is 5.11 Å². The zero-order valence-corrected chi connectivity index (χ0v) is 13.3. The molecule has 0 fully saturated rings. The van der Waals surface area contributed by atoms with Crippen molar-refractivity contribution in [2.45, 2.75) is 6.61 Å². The maximum Gasteiger partial charge on any atom is 0.0694 e. The predicted molar refractivity (Wildman–Crippen MR) is 101 cm³/mol. The van der Waals surface area contributed by atoms with Crippen molar-refractivity contribution in [3.8, 4) is 22.3 Å². The van der Waals surface area contributed by atoms with Crippen LogP contribution in [0.5, 0.6) is 0 Å². The van der Waals surface area contributed by atoms with Crippen LogP contribution in [0.4, 0.5) is 0 Å². The van der Waals surface area contributed by atoms with Crippen LogP contribution in [0.25, 0.3) is 33.0 Å². The SMILES string of the molecule is OCc1c(-c2ccccc2)c(-c2ccccc2)cc2ccccc12. The molecule has 1 heteroatoms. The highest BCUT2D eigenvalue weighted by molar-refractivity contribution is 5.99. The van der Waals surface area contributed by atoms with Gasteiger partial charge >= 0.3 is 0 Å². The minimum absolute atomic E-state index is 0.0193. The Kier molecular flexibility index (Phi) is 3.86. The van der Waals surface area contributed by atoms with Gasteiger partial charge in [0.15, 0.2) is 0 Å². The molecule has 0 bridgehead atoms. The molecule has 1 N–H and O–H groups in total. The second-order valence-corrected chi connectivity index (χ2v) is 5.89. The summed E-state index contributed by atoms with van der Waals surface area (Å²) in [5.41, 5.74) is 5.55. The van der Waals surface area contributed by atoms with Crippen LogP contribution in [0.15, 0.2) is 91.0 Å². The van der Waals surface area contributed by atoms with Crippen LogP contribution in [0.2, 0.25) is 0 Å². The third-order valence-electron chi connectivity index (χ3n) is 4.46. The summed E-state index contributed by atoms with van der Waals surface area (Å²) in [6, 6.07) is 31.2. The fourth-order valence-electron chi connectivity index (χ4n) is 3.37. The zero-order chi connectivity index (χ0) is 16.4. The van der Waals surface area contributed by atoms with Crippen LogP contribution < -0.4 is 0 Å². The molecular formula is C23H18O. The van der Waals surface area contributed by atoms with E-state index < -0.39 is 0 Å². The minimum atomic E-state index is 0.0193. The molecule has 1 nitrogen and oxygen atoms in total. The molecule has 0 unspecified atom stereocenters. The van der Waals surface area contributed by atoms with Gasteiger partial charge in [0, 0.05) is 0 Å². The van der Waals surface area contributed by atoms with Gasteiger partial charge < -0.3 is 5.11 Å².